The average Bonchev–Trinajstić information content (AvgIpc) is 2.98. The van der Waals surface area contributed by atoms with Gasteiger partial charge in [-0.1, -0.05) is 0 Å². The first-order valence-corrected chi connectivity index (χ1v) is 6.80. The molecule has 0 bridgehead atoms. The van der Waals surface area contributed by atoms with Crippen LogP contribution in [0.5, 0.6) is 0 Å². The summed E-state index contributed by atoms with van der Waals surface area (Å²) in [5.74, 6) is -0.809. The molecule has 4 rings (SSSR count). The molecule has 1 unspecified atom stereocenters. The van der Waals surface area contributed by atoms with Crippen LogP contribution in [0.2, 0.25) is 0 Å². The summed E-state index contributed by atoms with van der Waals surface area (Å²) in [7, 11) is 1.86. The molecule has 1 N–H and O–H groups in total. The third kappa shape index (κ3) is 1.83. The van der Waals surface area contributed by atoms with Crippen molar-refractivity contribution in [3.63, 3.8) is 0 Å². The van der Waals surface area contributed by atoms with Crippen molar-refractivity contribution in [2.45, 2.75) is 18.8 Å². The zero-order valence-electron chi connectivity index (χ0n) is 11.4. The number of nitrogens with one attached hydrogen (secondary N) is 1. The van der Waals surface area contributed by atoms with Crippen molar-refractivity contribution in [3.05, 3.63) is 30.2 Å². The van der Waals surface area contributed by atoms with Crippen molar-refractivity contribution in [1.29, 1.82) is 0 Å². The second kappa shape index (κ2) is 4.18. The van der Waals surface area contributed by atoms with Crippen LogP contribution in [-0.2, 0) is 16.6 Å². The zero-order chi connectivity index (χ0) is 14.6. The first-order valence-electron chi connectivity index (χ1n) is 6.80. The van der Waals surface area contributed by atoms with Gasteiger partial charge in [0.25, 0.3) is 0 Å². The van der Waals surface area contributed by atoms with Gasteiger partial charge in [-0.25, -0.2) is 0 Å². The van der Waals surface area contributed by atoms with Crippen LogP contribution >= 0.6 is 0 Å². The molecule has 1 aliphatic heterocycles. The van der Waals surface area contributed by atoms with E-state index in [2.05, 4.69) is 10.4 Å². The Labute approximate surface area is 119 Å². The van der Waals surface area contributed by atoms with E-state index < -0.39 is 0 Å². The molecule has 2 amide bonds. The van der Waals surface area contributed by atoms with Crippen molar-refractivity contribution in [2.24, 2.45) is 7.05 Å². The number of amides is 2. The normalized spacial score (nSPS) is 19.4. The summed E-state index contributed by atoms with van der Waals surface area (Å²) >= 11 is 0. The summed E-state index contributed by atoms with van der Waals surface area (Å²) in [6.45, 7) is 0. The van der Waals surface area contributed by atoms with Gasteiger partial charge in [-0.05, 0) is 18.6 Å². The largest absolute Gasteiger partial charge is 0.464 e. The number of carbonyl (C=O) groups excluding carboxylic acids is 2. The Morgan fingerprint density at radius 1 is 1.38 bits per heavy atom. The minimum absolute atomic E-state index is 0.212. The summed E-state index contributed by atoms with van der Waals surface area (Å²) < 4.78 is 7.34. The van der Waals surface area contributed by atoms with E-state index in [-0.39, 0.29) is 17.7 Å². The smallest absolute Gasteiger partial charge is 0.234 e. The van der Waals surface area contributed by atoms with Crippen LogP contribution in [0.1, 0.15) is 24.3 Å². The second-order valence-electron chi connectivity index (χ2n) is 5.40. The van der Waals surface area contributed by atoms with Gasteiger partial charge in [-0.2, -0.15) is 5.10 Å². The Hall–Kier alpha value is -2.63. The van der Waals surface area contributed by atoms with Crippen molar-refractivity contribution < 1.29 is 14.0 Å². The predicted molar refractivity (Wildman–Crippen MR) is 75.6 cm³/mol. The molecule has 1 atom stereocenters. The molecule has 0 radical (unpaired) electrons. The van der Waals surface area contributed by atoms with E-state index in [1.807, 2.05) is 25.4 Å². The molecular formula is C15H13N3O3. The van der Waals surface area contributed by atoms with Crippen LogP contribution in [0.25, 0.3) is 21.9 Å². The maximum Gasteiger partial charge on any atom is 0.234 e. The van der Waals surface area contributed by atoms with Crippen molar-refractivity contribution in [1.82, 2.24) is 15.1 Å². The van der Waals surface area contributed by atoms with E-state index in [1.54, 1.807) is 10.9 Å². The Balaban J connectivity index is 1.87. The summed E-state index contributed by atoms with van der Waals surface area (Å²) in [5, 5.41) is 8.64. The minimum Gasteiger partial charge on any atom is -0.464 e. The third-order valence-electron chi connectivity index (χ3n) is 3.96. The zero-order valence-corrected chi connectivity index (χ0v) is 11.4. The lowest BCUT2D eigenvalue weighted by Crippen LogP contribution is -2.39. The number of hydrogen-bond donors (Lipinski definition) is 1. The van der Waals surface area contributed by atoms with Gasteiger partial charge in [0.15, 0.2) is 0 Å². The lowest BCUT2D eigenvalue weighted by atomic mass is 9.90. The Morgan fingerprint density at radius 2 is 2.24 bits per heavy atom. The SMILES string of the molecule is Cn1cc2cc3occ(C4CCC(=O)NC4=O)c3cc2n1. The molecule has 0 aliphatic carbocycles. The molecule has 21 heavy (non-hydrogen) atoms. The van der Waals surface area contributed by atoms with Crippen LogP contribution in [0, 0.1) is 0 Å². The third-order valence-corrected chi connectivity index (χ3v) is 3.96. The Bertz CT molecular complexity index is 890. The fourth-order valence-electron chi connectivity index (χ4n) is 2.95. The van der Waals surface area contributed by atoms with Gasteiger partial charge in [-0.3, -0.25) is 19.6 Å². The van der Waals surface area contributed by atoms with Gasteiger partial charge in [0.2, 0.25) is 11.8 Å². The molecule has 3 heterocycles. The number of fused-ring (bicyclic) bond motifs is 2. The van der Waals surface area contributed by atoms with Gasteiger partial charge in [-0.15, -0.1) is 0 Å². The lowest BCUT2D eigenvalue weighted by Gasteiger charge is -2.19. The van der Waals surface area contributed by atoms with Crippen LogP contribution in [0.4, 0.5) is 0 Å². The van der Waals surface area contributed by atoms with E-state index in [1.165, 1.54) is 0 Å². The number of piperidine rings is 1. The second-order valence-corrected chi connectivity index (χ2v) is 5.40. The topological polar surface area (TPSA) is 77.1 Å². The highest BCUT2D eigenvalue weighted by atomic mass is 16.3. The lowest BCUT2D eigenvalue weighted by molar-refractivity contribution is -0.134. The molecule has 0 spiro atoms. The summed E-state index contributed by atoms with van der Waals surface area (Å²) in [5.41, 5.74) is 2.41. The van der Waals surface area contributed by atoms with Crippen molar-refractivity contribution >= 4 is 33.7 Å². The van der Waals surface area contributed by atoms with E-state index in [9.17, 15) is 9.59 Å². The molecule has 106 valence electrons. The highest BCUT2D eigenvalue weighted by Crippen LogP contribution is 2.34. The molecule has 3 aromatic rings. The van der Waals surface area contributed by atoms with Crippen LogP contribution < -0.4 is 5.32 Å². The first-order chi connectivity index (χ1) is 10.1. The monoisotopic (exact) mass is 283 g/mol. The Morgan fingerprint density at radius 3 is 3.05 bits per heavy atom. The van der Waals surface area contributed by atoms with Crippen LogP contribution in [-0.4, -0.2) is 21.6 Å². The number of aryl methyl sites for hydroxylation is 1. The first kappa shape index (κ1) is 12.1. The molecular weight excluding hydrogens is 270 g/mol. The van der Waals surface area contributed by atoms with E-state index in [4.69, 9.17) is 4.42 Å². The molecule has 6 heteroatoms. The fourth-order valence-corrected chi connectivity index (χ4v) is 2.95. The number of aromatic nitrogens is 2. The van der Waals surface area contributed by atoms with E-state index >= 15 is 0 Å². The minimum atomic E-state index is -0.342. The van der Waals surface area contributed by atoms with Gasteiger partial charge in [0.1, 0.15) is 5.58 Å². The standard InChI is InChI=1S/C15H13N3O3/c1-18-6-8-4-13-10(5-12(8)17-18)11(7-21-13)9-2-3-14(19)16-15(9)20/h4-7,9H,2-3H2,1H3,(H,16,19,20). The van der Waals surface area contributed by atoms with Gasteiger partial charge in [0, 0.05) is 36.0 Å². The molecule has 1 aliphatic rings. The number of carbonyl (C=O) groups is 2. The maximum absolute atomic E-state index is 12.0. The molecule has 0 saturated carbocycles. The van der Waals surface area contributed by atoms with Gasteiger partial charge in [0.05, 0.1) is 17.7 Å². The van der Waals surface area contributed by atoms with Gasteiger partial charge >= 0.3 is 0 Å². The number of imide groups is 1. The summed E-state index contributed by atoms with van der Waals surface area (Å²) in [6, 6.07) is 3.86. The molecule has 2 aromatic heterocycles. The summed E-state index contributed by atoms with van der Waals surface area (Å²) in [6.07, 6.45) is 4.40. The van der Waals surface area contributed by atoms with E-state index in [0.29, 0.717) is 12.8 Å². The Kier molecular flexibility index (Phi) is 2.42. The number of furan rings is 1. The van der Waals surface area contributed by atoms with Crippen LogP contribution in [0.3, 0.4) is 0 Å². The number of rotatable bonds is 1. The van der Waals surface area contributed by atoms with Gasteiger partial charge < -0.3 is 4.42 Å². The molecule has 1 aromatic carbocycles. The van der Waals surface area contributed by atoms with E-state index in [0.717, 1.165) is 27.4 Å². The average molecular weight is 283 g/mol. The quantitative estimate of drug-likeness (QED) is 0.691. The predicted octanol–water partition coefficient (Wildman–Crippen LogP) is 1.84. The molecule has 6 nitrogen and oxygen atoms in total. The highest BCUT2D eigenvalue weighted by molar-refractivity contribution is 6.04. The highest BCUT2D eigenvalue weighted by Gasteiger charge is 2.30. The number of nitrogens with zero attached hydrogens (tertiary/aromatic N) is 2. The molecule has 1 fully saturated rings. The van der Waals surface area contributed by atoms with Crippen molar-refractivity contribution in [3.8, 4) is 0 Å². The fraction of sp³-hybridized carbons (Fsp3) is 0.267. The number of benzene rings is 1. The molecule has 1 saturated heterocycles. The van der Waals surface area contributed by atoms with Crippen molar-refractivity contribution in [2.75, 3.05) is 0 Å². The van der Waals surface area contributed by atoms with Crippen LogP contribution in [0.15, 0.2) is 29.0 Å². The summed E-state index contributed by atoms with van der Waals surface area (Å²) in [4.78, 5) is 23.3. The maximum atomic E-state index is 12.0. The number of hydrogen-bond acceptors (Lipinski definition) is 4.